The van der Waals surface area contributed by atoms with Gasteiger partial charge >= 0.3 is 5.97 Å². The highest BCUT2D eigenvalue weighted by molar-refractivity contribution is 5.73. The van der Waals surface area contributed by atoms with E-state index in [0.717, 1.165) is 6.92 Å². The third-order valence-corrected chi connectivity index (χ3v) is 0.634. The lowest BCUT2D eigenvalue weighted by molar-refractivity contribution is -0.139. The van der Waals surface area contributed by atoms with Gasteiger partial charge in [0.2, 0.25) is 0 Å². The molecule has 0 heterocycles. The number of hydrogen-bond donors (Lipinski definition) is 2. The van der Waals surface area contributed by atoms with E-state index in [4.69, 9.17) is 17.7 Å². The van der Waals surface area contributed by atoms with Crippen LogP contribution in [0.3, 0.4) is 0 Å². The van der Waals surface area contributed by atoms with Crippen LogP contribution in [-0.2, 0) is 4.79 Å². The number of hydrogen-bond acceptors (Lipinski definition) is 2. The van der Waals surface area contributed by atoms with Crippen LogP contribution in [0.2, 0.25) is 0 Å². The average Bonchev–Trinajstić information content (AvgIpc) is 1.84. The van der Waals surface area contributed by atoms with E-state index in [-0.39, 0.29) is 0 Å². The van der Waals surface area contributed by atoms with Gasteiger partial charge in [-0.25, -0.2) is 0 Å². The molecule has 3 nitrogen and oxygen atoms in total. The Morgan fingerprint density at radius 3 is 2.75 bits per heavy atom. The van der Waals surface area contributed by atoms with Gasteiger partial charge in [0, 0.05) is 5.48 Å². The van der Waals surface area contributed by atoms with Crippen LogP contribution >= 0.6 is 0 Å². The summed E-state index contributed by atoms with van der Waals surface area (Å²) in [7, 11) is 0. The van der Waals surface area contributed by atoms with Crippen LogP contribution in [-0.4, -0.2) is 17.1 Å². The molecular weight excluding hydrogens is 106 g/mol. The second-order valence-corrected chi connectivity index (χ2v) is 1.34. The number of carboxylic acid groups (broad SMARTS) is 1. The Morgan fingerprint density at radius 2 is 2.62 bits per heavy atom. The Bertz CT molecular complexity index is 221. The molecule has 0 aliphatic heterocycles. The molecule has 0 aromatic rings. The molecule has 0 saturated carbocycles. The van der Waals surface area contributed by atoms with Crippen molar-refractivity contribution in [1.82, 2.24) is 0 Å². The van der Waals surface area contributed by atoms with Crippen molar-refractivity contribution < 1.29 is 16.8 Å². The van der Waals surface area contributed by atoms with E-state index in [1.165, 1.54) is 0 Å². The quantitative estimate of drug-likeness (QED) is 0.544. The fraction of sp³-hybridized carbons (Fsp3) is 0.800. The highest BCUT2D eigenvalue weighted by Crippen LogP contribution is 1.96. The highest BCUT2D eigenvalue weighted by atomic mass is 16.4. The molecule has 0 rings (SSSR count). The molecule has 3 N–H and O–H groups in total. The van der Waals surface area contributed by atoms with Crippen LogP contribution in [0.4, 0.5) is 0 Å². The molecule has 0 aliphatic rings. The van der Waals surface area contributed by atoms with Crippen molar-refractivity contribution in [3.05, 3.63) is 0 Å². The van der Waals surface area contributed by atoms with Crippen LogP contribution in [0, 0.1) is 5.89 Å². The molecule has 0 bridgehead atoms. The van der Waals surface area contributed by atoms with Gasteiger partial charge in [-0.2, -0.15) is 0 Å². The summed E-state index contributed by atoms with van der Waals surface area (Å²) in [6, 6.07) is -2.85. The summed E-state index contributed by atoms with van der Waals surface area (Å²) in [6.07, 6.45) is 0. The van der Waals surface area contributed by atoms with E-state index in [0.29, 0.717) is 0 Å². The van der Waals surface area contributed by atoms with Gasteiger partial charge in [0.05, 0.1) is 1.37 Å². The van der Waals surface area contributed by atoms with Crippen LogP contribution in [0.25, 0.3) is 0 Å². The number of carbonyl (C=O) groups is 1. The predicted octanol–water partition coefficient (Wildman–Crippen LogP) is 0.0543. The Kier molecular flexibility index (Phi) is 0.784. The number of rotatable bonds is 2. The van der Waals surface area contributed by atoms with Crippen LogP contribution in [0.15, 0.2) is 0 Å². The fourth-order valence-electron chi connectivity index (χ4n) is 0.160. The fourth-order valence-corrected chi connectivity index (χ4v) is 0.160. The van der Waals surface area contributed by atoms with Crippen LogP contribution in [0.1, 0.15) is 20.6 Å². The first-order valence-electron chi connectivity index (χ1n) is 4.47. The minimum absolute atomic E-state index is 0.807. The SMILES string of the molecule is [2H]C([2H])([2H])C([2H])(C)[C@]([2H])(N)C(=O)O. The monoisotopic (exact) mass is 122 g/mol. The molecule has 0 radical (unpaired) electrons. The summed E-state index contributed by atoms with van der Waals surface area (Å²) in [5.74, 6) is -4.38. The summed E-state index contributed by atoms with van der Waals surface area (Å²) < 4.78 is 34.9. The lowest BCUT2D eigenvalue weighted by Gasteiger charge is -2.07. The second kappa shape index (κ2) is 2.67. The van der Waals surface area contributed by atoms with Gasteiger partial charge < -0.3 is 10.8 Å². The summed E-state index contributed by atoms with van der Waals surface area (Å²) in [6.45, 7) is -2.11. The first-order valence-corrected chi connectivity index (χ1v) is 1.97. The topological polar surface area (TPSA) is 63.3 Å². The third kappa shape index (κ3) is 1.93. The minimum atomic E-state index is -2.91. The highest BCUT2D eigenvalue weighted by Gasteiger charge is 2.14. The Morgan fingerprint density at radius 1 is 2.12 bits per heavy atom. The van der Waals surface area contributed by atoms with E-state index in [1.54, 1.807) is 0 Å². The predicted molar refractivity (Wildman–Crippen MR) is 30.4 cm³/mol. The number of carboxylic acids is 1. The van der Waals surface area contributed by atoms with Gasteiger partial charge in [-0.3, -0.25) is 4.79 Å². The van der Waals surface area contributed by atoms with E-state index in [1.807, 2.05) is 0 Å². The first-order chi connectivity index (χ1) is 5.44. The van der Waals surface area contributed by atoms with E-state index < -0.39 is 24.7 Å². The molecule has 1 unspecified atom stereocenters. The summed E-state index contributed by atoms with van der Waals surface area (Å²) in [5.41, 5.74) is 4.94. The lowest BCUT2D eigenvalue weighted by Crippen LogP contribution is -2.34. The van der Waals surface area contributed by atoms with Crippen molar-refractivity contribution in [2.45, 2.75) is 19.8 Å². The van der Waals surface area contributed by atoms with Gasteiger partial charge in [-0.05, 0) is 5.89 Å². The minimum Gasteiger partial charge on any atom is -0.480 e. The molecule has 48 valence electrons. The molecule has 0 amide bonds. The molecule has 3 heteroatoms. The Labute approximate surface area is 55.5 Å². The normalized spacial score (nSPS) is 36.0. The molecule has 0 aromatic heterocycles. The van der Waals surface area contributed by atoms with Crippen molar-refractivity contribution in [1.29, 1.82) is 0 Å². The Hall–Kier alpha value is -0.570. The van der Waals surface area contributed by atoms with E-state index >= 15 is 0 Å². The number of nitrogens with two attached hydrogens (primary N) is 1. The maximum absolute atomic E-state index is 10.4. The van der Waals surface area contributed by atoms with E-state index in [9.17, 15) is 4.79 Å². The molecule has 0 fully saturated rings. The van der Waals surface area contributed by atoms with Crippen molar-refractivity contribution in [3.8, 4) is 0 Å². The smallest absolute Gasteiger partial charge is 0.320 e. The summed E-state index contributed by atoms with van der Waals surface area (Å²) in [5, 5.41) is 8.46. The number of aliphatic carboxylic acids is 1. The zero-order valence-corrected chi connectivity index (χ0v) is 4.43. The largest absolute Gasteiger partial charge is 0.480 e. The van der Waals surface area contributed by atoms with Gasteiger partial charge in [0.1, 0.15) is 6.02 Å². The van der Waals surface area contributed by atoms with Gasteiger partial charge in [-0.1, -0.05) is 13.8 Å². The molecule has 0 aromatic carbocycles. The average molecular weight is 122 g/mol. The van der Waals surface area contributed by atoms with E-state index in [2.05, 4.69) is 0 Å². The zero-order chi connectivity index (χ0) is 11.1. The Balaban J connectivity index is 5.16. The summed E-state index contributed by atoms with van der Waals surface area (Å²) in [4.78, 5) is 10.4. The molecule has 0 spiro atoms. The zero-order valence-electron chi connectivity index (χ0n) is 9.43. The molecule has 8 heavy (non-hydrogen) atoms. The second-order valence-electron chi connectivity index (χ2n) is 1.34. The molecular formula is C5H11NO2. The van der Waals surface area contributed by atoms with Gasteiger partial charge in [0.15, 0.2) is 0 Å². The lowest BCUT2D eigenvalue weighted by atomic mass is 10.1. The van der Waals surface area contributed by atoms with Crippen molar-refractivity contribution in [2.24, 2.45) is 11.6 Å². The van der Waals surface area contributed by atoms with Crippen molar-refractivity contribution in [2.75, 3.05) is 0 Å². The maximum Gasteiger partial charge on any atom is 0.320 e. The molecule has 0 aliphatic carbocycles. The standard InChI is InChI=1S/C5H11NO2/c1-3(2)4(6)5(7)8/h3-4H,6H2,1-2H3,(H,7,8)/t4-/m0/s1/i1D3,3D,4D/t3?,4-. The van der Waals surface area contributed by atoms with Crippen molar-refractivity contribution >= 4 is 5.97 Å². The van der Waals surface area contributed by atoms with Crippen LogP contribution in [0.5, 0.6) is 0 Å². The molecule has 2 atom stereocenters. The van der Waals surface area contributed by atoms with Gasteiger partial charge in [0.25, 0.3) is 0 Å². The third-order valence-electron chi connectivity index (χ3n) is 0.634. The molecule has 0 saturated heterocycles. The first kappa shape index (κ1) is 2.35. The maximum atomic E-state index is 10.4. The summed E-state index contributed by atoms with van der Waals surface area (Å²) >= 11 is 0. The van der Waals surface area contributed by atoms with Crippen molar-refractivity contribution in [3.63, 3.8) is 0 Å². The van der Waals surface area contributed by atoms with Gasteiger partial charge in [-0.15, -0.1) is 0 Å². The van der Waals surface area contributed by atoms with Crippen LogP contribution < -0.4 is 5.73 Å².